The third-order valence-electron chi connectivity index (χ3n) is 2.07. The van der Waals surface area contributed by atoms with Gasteiger partial charge in [0, 0.05) is 28.8 Å². The van der Waals surface area contributed by atoms with Crippen molar-refractivity contribution in [3.63, 3.8) is 0 Å². The van der Waals surface area contributed by atoms with Crippen LogP contribution in [0.2, 0.25) is 5.02 Å². The van der Waals surface area contributed by atoms with Crippen molar-refractivity contribution in [2.45, 2.75) is 6.92 Å². The van der Waals surface area contributed by atoms with Gasteiger partial charge >= 0.3 is 0 Å². The van der Waals surface area contributed by atoms with Crippen LogP contribution < -0.4 is 5.32 Å². The van der Waals surface area contributed by atoms with E-state index >= 15 is 0 Å². The lowest BCUT2D eigenvalue weighted by atomic mass is 10.2. The van der Waals surface area contributed by atoms with Gasteiger partial charge in [-0.05, 0) is 31.2 Å². The number of halogens is 1. The largest absolute Gasteiger partial charge is 0.385 e. The van der Waals surface area contributed by atoms with Gasteiger partial charge in [0.15, 0.2) is 0 Å². The fourth-order valence-corrected chi connectivity index (χ4v) is 1.64. The van der Waals surface area contributed by atoms with Crippen LogP contribution >= 0.6 is 11.6 Å². The van der Waals surface area contributed by atoms with Gasteiger partial charge in [0.25, 0.3) is 0 Å². The van der Waals surface area contributed by atoms with Crippen molar-refractivity contribution in [1.29, 1.82) is 0 Å². The molecule has 3 heteroatoms. The second-order valence-electron chi connectivity index (χ2n) is 3.05. The molecule has 1 aromatic heterocycles. The zero-order valence-electron chi connectivity index (χ0n) is 7.92. The first kappa shape index (κ1) is 9.28. The van der Waals surface area contributed by atoms with Gasteiger partial charge in [0.1, 0.15) is 0 Å². The summed E-state index contributed by atoms with van der Waals surface area (Å²) in [5, 5.41) is 5.09. The molecule has 0 spiro atoms. The molecule has 1 aromatic carbocycles. The van der Waals surface area contributed by atoms with Crippen molar-refractivity contribution in [2.75, 3.05) is 11.9 Å². The maximum absolute atomic E-state index is 5.94. The fraction of sp³-hybridized carbons (Fsp3) is 0.182. The molecule has 72 valence electrons. The van der Waals surface area contributed by atoms with Crippen molar-refractivity contribution in [3.8, 4) is 0 Å². The van der Waals surface area contributed by atoms with E-state index < -0.39 is 0 Å². The second kappa shape index (κ2) is 3.84. The summed E-state index contributed by atoms with van der Waals surface area (Å²) < 4.78 is 0. The fourth-order valence-electron chi connectivity index (χ4n) is 1.46. The molecule has 0 bridgehead atoms. The van der Waals surface area contributed by atoms with Crippen LogP contribution in [0.5, 0.6) is 0 Å². The van der Waals surface area contributed by atoms with E-state index in [1.807, 2.05) is 24.3 Å². The molecule has 2 rings (SSSR count). The summed E-state index contributed by atoms with van der Waals surface area (Å²) in [5.74, 6) is 0. The number of nitrogens with zero attached hydrogens (tertiary/aromatic N) is 1. The SMILES string of the molecule is CCNc1ccnc2ccc(Cl)cc12. The molecule has 0 atom stereocenters. The van der Waals surface area contributed by atoms with Crippen LogP contribution in [-0.4, -0.2) is 11.5 Å². The summed E-state index contributed by atoms with van der Waals surface area (Å²) in [6, 6.07) is 7.68. The number of fused-ring (bicyclic) bond motifs is 1. The van der Waals surface area contributed by atoms with Crippen LogP contribution in [0.4, 0.5) is 5.69 Å². The van der Waals surface area contributed by atoms with E-state index in [9.17, 15) is 0 Å². The number of benzene rings is 1. The predicted octanol–water partition coefficient (Wildman–Crippen LogP) is 3.32. The Bertz CT molecular complexity index is 454. The van der Waals surface area contributed by atoms with Crippen molar-refractivity contribution < 1.29 is 0 Å². The van der Waals surface area contributed by atoms with Gasteiger partial charge in [0.05, 0.1) is 5.52 Å². The second-order valence-corrected chi connectivity index (χ2v) is 3.49. The first-order valence-electron chi connectivity index (χ1n) is 4.59. The molecule has 0 aliphatic heterocycles. The zero-order valence-corrected chi connectivity index (χ0v) is 8.67. The quantitative estimate of drug-likeness (QED) is 0.816. The molecule has 14 heavy (non-hydrogen) atoms. The smallest absolute Gasteiger partial charge is 0.0723 e. The molecule has 0 unspecified atom stereocenters. The predicted molar refractivity (Wildman–Crippen MR) is 60.9 cm³/mol. The average molecular weight is 207 g/mol. The lowest BCUT2D eigenvalue weighted by molar-refractivity contribution is 1.21. The highest BCUT2D eigenvalue weighted by molar-refractivity contribution is 6.31. The van der Waals surface area contributed by atoms with Crippen molar-refractivity contribution in [1.82, 2.24) is 4.98 Å². The minimum Gasteiger partial charge on any atom is -0.385 e. The van der Waals surface area contributed by atoms with Gasteiger partial charge in [-0.2, -0.15) is 0 Å². The number of hydrogen-bond donors (Lipinski definition) is 1. The summed E-state index contributed by atoms with van der Waals surface area (Å²) in [5.41, 5.74) is 2.05. The number of rotatable bonds is 2. The van der Waals surface area contributed by atoms with Crippen molar-refractivity contribution in [3.05, 3.63) is 35.5 Å². The molecule has 0 aliphatic rings. The molecular formula is C11H11ClN2. The number of anilines is 1. The Morgan fingerprint density at radius 3 is 3.00 bits per heavy atom. The van der Waals surface area contributed by atoms with Gasteiger partial charge < -0.3 is 5.32 Å². The Labute approximate surface area is 87.9 Å². The van der Waals surface area contributed by atoms with Crippen LogP contribution in [0.25, 0.3) is 10.9 Å². The number of hydrogen-bond acceptors (Lipinski definition) is 2. The van der Waals surface area contributed by atoms with Crippen LogP contribution in [-0.2, 0) is 0 Å². The first-order valence-corrected chi connectivity index (χ1v) is 4.97. The maximum Gasteiger partial charge on any atom is 0.0723 e. The summed E-state index contributed by atoms with van der Waals surface area (Å²) in [6.07, 6.45) is 1.80. The van der Waals surface area contributed by atoms with E-state index in [4.69, 9.17) is 11.6 Å². The molecule has 0 amide bonds. The van der Waals surface area contributed by atoms with Crippen LogP contribution in [0.1, 0.15) is 6.92 Å². The highest BCUT2D eigenvalue weighted by atomic mass is 35.5. The zero-order chi connectivity index (χ0) is 9.97. The number of pyridine rings is 1. The minimum absolute atomic E-state index is 0.740. The van der Waals surface area contributed by atoms with Crippen molar-refractivity contribution >= 4 is 28.2 Å². The van der Waals surface area contributed by atoms with Crippen LogP contribution in [0.3, 0.4) is 0 Å². The summed E-state index contributed by atoms with van der Waals surface area (Å²) in [4.78, 5) is 4.27. The lowest BCUT2D eigenvalue weighted by Gasteiger charge is -2.06. The average Bonchev–Trinajstić information content (AvgIpc) is 2.19. The normalized spacial score (nSPS) is 10.4. The molecule has 1 N–H and O–H groups in total. The molecule has 1 heterocycles. The maximum atomic E-state index is 5.94. The van der Waals surface area contributed by atoms with Gasteiger partial charge in [0.2, 0.25) is 0 Å². The topological polar surface area (TPSA) is 24.9 Å². The van der Waals surface area contributed by atoms with Crippen molar-refractivity contribution in [2.24, 2.45) is 0 Å². The third-order valence-corrected chi connectivity index (χ3v) is 2.31. The summed E-state index contributed by atoms with van der Waals surface area (Å²) in [7, 11) is 0. The van der Waals surface area contributed by atoms with Gasteiger partial charge in [-0.15, -0.1) is 0 Å². The van der Waals surface area contributed by atoms with Crippen LogP contribution in [0.15, 0.2) is 30.5 Å². The molecule has 2 nitrogen and oxygen atoms in total. The van der Waals surface area contributed by atoms with E-state index in [2.05, 4.69) is 17.2 Å². The highest BCUT2D eigenvalue weighted by Gasteiger charge is 2.00. The molecule has 0 saturated heterocycles. The summed E-state index contributed by atoms with van der Waals surface area (Å²) >= 11 is 5.94. The monoisotopic (exact) mass is 206 g/mol. The third kappa shape index (κ3) is 1.66. The molecule has 2 aromatic rings. The number of aromatic nitrogens is 1. The molecule has 0 aliphatic carbocycles. The lowest BCUT2D eigenvalue weighted by Crippen LogP contribution is -1.97. The van der Waals surface area contributed by atoms with Gasteiger partial charge in [-0.1, -0.05) is 11.6 Å². The molecule has 0 fully saturated rings. The summed E-state index contributed by atoms with van der Waals surface area (Å²) in [6.45, 7) is 2.96. The Hall–Kier alpha value is -1.28. The number of nitrogens with one attached hydrogen (secondary N) is 1. The van der Waals surface area contributed by atoms with E-state index in [-0.39, 0.29) is 0 Å². The van der Waals surface area contributed by atoms with Gasteiger partial charge in [-0.25, -0.2) is 0 Å². The van der Waals surface area contributed by atoms with Gasteiger partial charge in [-0.3, -0.25) is 4.98 Å². The van der Waals surface area contributed by atoms with E-state index in [0.717, 1.165) is 28.2 Å². The van der Waals surface area contributed by atoms with E-state index in [1.54, 1.807) is 6.20 Å². The molecule has 0 saturated carbocycles. The van der Waals surface area contributed by atoms with E-state index in [0.29, 0.717) is 0 Å². The Kier molecular flexibility index (Phi) is 2.55. The first-order chi connectivity index (χ1) is 6.81. The minimum atomic E-state index is 0.740. The molecule has 0 radical (unpaired) electrons. The Balaban J connectivity index is 2.64. The van der Waals surface area contributed by atoms with Crippen LogP contribution in [0, 0.1) is 0 Å². The Morgan fingerprint density at radius 1 is 1.36 bits per heavy atom. The standard InChI is InChI=1S/C11H11ClN2/c1-2-13-11-5-6-14-10-4-3-8(12)7-9(10)11/h3-7H,2H2,1H3,(H,13,14). The Morgan fingerprint density at radius 2 is 2.21 bits per heavy atom. The van der Waals surface area contributed by atoms with E-state index in [1.165, 1.54) is 0 Å². The molecular weight excluding hydrogens is 196 g/mol. The highest BCUT2D eigenvalue weighted by Crippen LogP contribution is 2.24.